The summed E-state index contributed by atoms with van der Waals surface area (Å²) in [4.78, 5) is 2.00. The summed E-state index contributed by atoms with van der Waals surface area (Å²) in [6.07, 6.45) is -0.481. The van der Waals surface area contributed by atoms with Crippen molar-refractivity contribution in [2.45, 2.75) is 11.0 Å². The number of nitrogen functional groups attached to an aromatic ring is 1. The molecule has 1 saturated heterocycles. The van der Waals surface area contributed by atoms with Crippen LogP contribution in [0.4, 0.5) is 11.4 Å². The molecule has 0 radical (unpaired) electrons. The third-order valence-electron chi connectivity index (χ3n) is 3.13. The zero-order chi connectivity index (χ0) is 14.8. The number of nitrogens with two attached hydrogens (primary N) is 1. The van der Waals surface area contributed by atoms with Crippen molar-refractivity contribution in [3.05, 3.63) is 18.2 Å². The number of benzene rings is 1. The number of ether oxygens (including phenoxy) is 1. The fourth-order valence-electron chi connectivity index (χ4n) is 2.05. The van der Waals surface area contributed by atoms with Gasteiger partial charge in [0.15, 0.2) is 6.10 Å². The summed E-state index contributed by atoms with van der Waals surface area (Å²) in [6.45, 7) is 1.53. The average Bonchev–Trinajstić information content (AvgIpc) is 2.47. The molecule has 0 spiro atoms. The van der Waals surface area contributed by atoms with Gasteiger partial charge in [-0.15, -0.1) is 0 Å². The highest BCUT2D eigenvalue weighted by Gasteiger charge is 2.22. The van der Waals surface area contributed by atoms with Crippen molar-refractivity contribution < 1.29 is 13.2 Å². The van der Waals surface area contributed by atoms with Crippen LogP contribution in [0.5, 0.6) is 0 Å². The first-order chi connectivity index (χ1) is 9.47. The highest BCUT2D eigenvalue weighted by molar-refractivity contribution is 7.89. The summed E-state index contributed by atoms with van der Waals surface area (Å²) in [5, 5.41) is 8.88. The van der Waals surface area contributed by atoms with E-state index in [9.17, 15) is 8.42 Å². The molecule has 3 N–H and O–H groups in total. The van der Waals surface area contributed by atoms with Crippen molar-refractivity contribution in [3.63, 3.8) is 0 Å². The minimum absolute atomic E-state index is 0.0499. The molecular weight excluding hydrogens is 280 g/mol. The third kappa shape index (κ3) is 2.85. The lowest BCUT2D eigenvalue weighted by atomic mass is 10.2. The van der Waals surface area contributed by atoms with Crippen LogP contribution in [0.2, 0.25) is 0 Å². The van der Waals surface area contributed by atoms with E-state index in [-0.39, 0.29) is 10.6 Å². The van der Waals surface area contributed by atoms with E-state index < -0.39 is 16.1 Å². The van der Waals surface area contributed by atoms with E-state index in [0.717, 1.165) is 5.69 Å². The number of sulfonamides is 1. The number of nitriles is 1. The molecule has 1 aromatic rings. The van der Waals surface area contributed by atoms with Crippen LogP contribution in [0.1, 0.15) is 0 Å². The van der Waals surface area contributed by atoms with Crippen molar-refractivity contribution in [2.24, 2.45) is 0 Å². The molecule has 0 bridgehead atoms. The van der Waals surface area contributed by atoms with Gasteiger partial charge in [-0.1, -0.05) is 0 Å². The van der Waals surface area contributed by atoms with Crippen LogP contribution in [0, 0.1) is 11.3 Å². The molecular formula is C12H16N4O3S. The average molecular weight is 296 g/mol. The monoisotopic (exact) mass is 296 g/mol. The Morgan fingerprint density at radius 2 is 2.30 bits per heavy atom. The first kappa shape index (κ1) is 14.6. The quantitative estimate of drug-likeness (QED) is 0.754. The molecule has 108 valence electrons. The highest BCUT2D eigenvalue weighted by atomic mass is 32.2. The van der Waals surface area contributed by atoms with E-state index in [4.69, 9.17) is 15.7 Å². The molecule has 0 aliphatic carbocycles. The van der Waals surface area contributed by atoms with Crippen LogP contribution in [-0.4, -0.2) is 41.3 Å². The maximum atomic E-state index is 11.7. The lowest BCUT2D eigenvalue weighted by molar-refractivity contribution is 0.0764. The Morgan fingerprint density at radius 1 is 1.55 bits per heavy atom. The minimum atomic E-state index is -3.56. The van der Waals surface area contributed by atoms with Gasteiger partial charge < -0.3 is 15.4 Å². The number of morpholine rings is 1. The Balaban J connectivity index is 2.28. The van der Waals surface area contributed by atoms with Gasteiger partial charge in [0.05, 0.1) is 24.9 Å². The molecule has 0 saturated carbocycles. The second kappa shape index (κ2) is 5.66. The van der Waals surface area contributed by atoms with Gasteiger partial charge in [-0.25, -0.2) is 13.1 Å². The maximum absolute atomic E-state index is 11.7. The van der Waals surface area contributed by atoms with Crippen molar-refractivity contribution in [2.75, 3.05) is 37.4 Å². The lowest BCUT2D eigenvalue weighted by Gasteiger charge is -2.31. The smallest absolute Gasteiger partial charge is 0.242 e. The summed E-state index contributed by atoms with van der Waals surface area (Å²) in [7, 11) is -2.23. The molecule has 1 unspecified atom stereocenters. The minimum Gasteiger partial charge on any atom is -0.398 e. The molecule has 0 aromatic heterocycles. The van der Waals surface area contributed by atoms with Crippen LogP contribution < -0.4 is 15.4 Å². The molecule has 0 amide bonds. The number of anilines is 2. The SMILES string of the molecule is CNS(=O)(=O)c1ccc(N2CCOC(C#N)C2)cc1N. The standard InChI is InChI=1S/C12H16N4O3S/c1-15-20(17,18)12-3-2-9(6-11(12)14)16-4-5-19-10(7-13)8-16/h2-3,6,10,15H,4-5,8,14H2,1H3. The Labute approximate surface area is 118 Å². The summed E-state index contributed by atoms with van der Waals surface area (Å²) in [5.74, 6) is 0. The fourth-order valence-corrected chi connectivity index (χ4v) is 2.89. The lowest BCUT2D eigenvalue weighted by Crippen LogP contribution is -2.41. The van der Waals surface area contributed by atoms with Gasteiger partial charge in [-0.05, 0) is 25.2 Å². The molecule has 8 heteroatoms. The van der Waals surface area contributed by atoms with Crippen molar-refractivity contribution in [1.82, 2.24) is 4.72 Å². The molecule has 1 aliphatic heterocycles. The molecule has 1 aromatic carbocycles. The first-order valence-corrected chi connectivity index (χ1v) is 7.55. The van der Waals surface area contributed by atoms with Gasteiger partial charge >= 0.3 is 0 Å². The molecule has 20 heavy (non-hydrogen) atoms. The molecule has 1 aliphatic rings. The largest absolute Gasteiger partial charge is 0.398 e. The van der Waals surface area contributed by atoms with Crippen LogP contribution in [0.15, 0.2) is 23.1 Å². The third-order valence-corrected chi connectivity index (χ3v) is 4.62. The van der Waals surface area contributed by atoms with Crippen molar-refractivity contribution >= 4 is 21.4 Å². The Kier molecular flexibility index (Phi) is 4.13. The van der Waals surface area contributed by atoms with E-state index >= 15 is 0 Å². The second-order valence-electron chi connectivity index (χ2n) is 4.36. The molecule has 1 atom stereocenters. The highest BCUT2D eigenvalue weighted by Crippen LogP contribution is 2.26. The van der Waals surface area contributed by atoms with Gasteiger partial charge in [0.2, 0.25) is 10.0 Å². The molecule has 7 nitrogen and oxygen atoms in total. The first-order valence-electron chi connectivity index (χ1n) is 6.07. The second-order valence-corrected chi connectivity index (χ2v) is 6.22. The fraction of sp³-hybridized carbons (Fsp3) is 0.417. The Bertz CT molecular complexity index is 639. The summed E-state index contributed by atoms with van der Waals surface area (Å²) in [6, 6.07) is 6.81. The van der Waals surface area contributed by atoms with Crippen LogP contribution in [-0.2, 0) is 14.8 Å². The number of rotatable bonds is 3. The van der Waals surface area contributed by atoms with E-state index in [0.29, 0.717) is 19.7 Å². The zero-order valence-electron chi connectivity index (χ0n) is 11.0. The van der Waals surface area contributed by atoms with Gasteiger partial charge in [0.25, 0.3) is 0 Å². The molecule has 2 rings (SSSR count). The molecule has 1 fully saturated rings. The number of nitrogens with one attached hydrogen (secondary N) is 1. The van der Waals surface area contributed by atoms with Crippen molar-refractivity contribution in [1.29, 1.82) is 5.26 Å². The summed E-state index contributed by atoms with van der Waals surface area (Å²) >= 11 is 0. The predicted molar refractivity (Wildman–Crippen MR) is 74.7 cm³/mol. The Morgan fingerprint density at radius 3 is 2.90 bits per heavy atom. The van der Waals surface area contributed by atoms with Crippen LogP contribution in [0.3, 0.4) is 0 Å². The normalized spacial score (nSPS) is 19.6. The van der Waals surface area contributed by atoms with Crippen molar-refractivity contribution in [3.8, 4) is 6.07 Å². The van der Waals surface area contributed by atoms with Gasteiger partial charge in [0.1, 0.15) is 4.90 Å². The van der Waals surface area contributed by atoms with Gasteiger partial charge in [0, 0.05) is 12.2 Å². The predicted octanol–water partition coefficient (Wildman–Crippen LogP) is -0.0943. The van der Waals surface area contributed by atoms with E-state index in [1.807, 2.05) is 4.90 Å². The zero-order valence-corrected chi connectivity index (χ0v) is 11.9. The van der Waals surface area contributed by atoms with Gasteiger partial charge in [-0.2, -0.15) is 5.26 Å². The van der Waals surface area contributed by atoms with Crippen LogP contribution >= 0.6 is 0 Å². The summed E-state index contributed by atoms with van der Waals surface area (Å²) in [5.41, 5.74) is 6.77. The van der Waals surface area contributed by atoms with E-state index in [1.165, 1.54) is 13.1 Å². The topological polar surface area (TPSA) is 108 Å². The Hall–Kier alpha value is -1.82. The van der Waals surface area contributed by atoms with Crippen LogP contribution in [0.25, 0.3) is 0 Å². The molecule has 1 heterocycles. The number of nitrogens with zero attached hydrogens (tertiary/aromatic N) is 2. The number of hydrogen-bond donors (Lipinski definition) is 2. The van der Waals surface area contributed by atoms with E-state index in [2.05, 4.69) is 10.8 Å². The number of hydrogen-bond acceptors (Lipinski definition) is 6. The van der Waals surface area contributed by atoms with E-state index in [1.54, 1.807) is 12.1 Å². The summed E-state index contributed by atoms with van der Waals surface area (Å²) < 4.78 is 31.0. The maximum Gasteiger partial charge on any atom is 0.242 e. The van der Waals surface area contributed by atoms with Gasteiger partial charge in [-0.3, -0.25) is 0 Å².